The van der Waals surface area contributed by atoms with E-state index >= 15 is 0 Å². The summed E-state index contributed by atoms with van der Waals surface area (Å²) in [7, 11) is 0. The normalized spacial score (nSPS) is 13.7. The molecule has 19 heavy (non-hydrogen) atoms. The Morgan fingerprint density at radius 1 is 1.42 bits per heavy atom. The molecule has 0 radical (unpaired) electrons. The number of nitrogens with zero attached hydrogens (tertiary/aromatic N) is 2. The van der Waals surface area contributed by atoms with Crippen molar-refractivity contribution >= 4 is 30.7 Å². The zero-order valence-corrected chi connectivity index (χ0v) is 13.4. The molecule has 1 aromatic rings. The third-order valence-corrected chi connectivity index (χ3v) is 2.62. The van der Waals surface area contributed by atoms with Crippen molar-refractivity contribution in [3.05, 3.63) is 18.5 Å². The Hall–Kier alpha value is -0.780. The largest absolute Gasteiger partial charge is 0.350 e. The van der Waals surface area contributed by atoms with Gasteiger partial charge < -0.3 is 11.1 Å². The lowest BCUT2D eigenvalue weighted by Crippen LogP contribution is -2.51. The average molecular weight is 311 g/mol. The molecular formula is C12H24Cl2N4O. The number of nitrogens with two attached hydrogens (primary N) is 1. The lowest BCUT2D eigenvalue weighted by molar-refractivity contribution is -0.125. The molecule has 0 saturated carbocycles. The maximum Gasteiger partial charge on any atom is 0.237 e. The minimum Gasteiger partial charge on any atom is -0.350 e. The van der Waals surface area contributed by atoms with Gasteiger partial charge in [-0.15, -0.1) is 24.8 Å². The molecule has 0 aromatic carbocycles. The van der Waals surface area contributed by atoms with Gasteiger partial charge in [0.2, 0.25) is 5.91 Å². The van der Waals surface area contributed by atoms with E-state index in [-0.39, 0.29) is 42.2 Å². The van der Waals surface area contributed by atoms with E-state index in [0.717, 1.165) is 0 Å². The van der Waals surface area contributed by atoms with E-state index in [1.54, 1.807) is 10.9 Å². The lowest BCUT2D eigenvalue weighted by Gasteiger charge is -2.27. The van der Waals surface area contributed by atoms with Crippen LogP contribution in [-0.4, -0.2) is 27.8 Å². The first-order valence-corrected chi connectivity index (χ1v) is 5.84. The Kier molecular flexibility index (Phi) is 9.08. The Morgan fingerprint density at radius 3 is 2.42 bits per heavy atom. The molecule has 0 fully saturated rings. The summed E-state index contributed by atoms with van der Waals surface area (Å²) in [6, 6.07) is 1.37. The van der Waals surface area contributed by atoms with Crippen molar-refractivity contribution in [2.24, 2.45) is 11.1 Å². The highest BCUT2D eigenvalue weighted by Crippen LogP contribution is 2.17. The van der Waals surface area contributed by atoms with Crippen molar-refractivity contribution in [2.75, 3.05) is 0 Å². The molecule has 1 unspecified atom stereocenters. The van der Waals surface area contributed by atoms with Crippen molar-refractivity contribution in [3.8, 4) is 0 Å². The third-order valence-electron chi connectivity index (χ3n) is 2.62. The number of aromatic nitrogens is 2. The molecule has 0 aliphatic carbocycles. The molecule has 0 spiro atoms. The molecule has 0 aliphatic rings. The van der Waals surface area contributed by atoms with Crippen molar-refractivity contribution < 1.29 is 4.79 Å². The molecule has 2 atom stereocenters. The molecule has 5 nitrogen and oxygen atoms in total. The van der Waals surface area contributed by atoms with E-state index in [4.69, 9.17) is 5.73 Å². The van der Waals surface area contributed by atoms with Gasteiger partial charge in [-0.1, -0.05) is 20.8 Å². The van der Waals surface area contributed by atoms with Crippen LogP contribution in [0.3, 0.4) is 0 Å². The second kappa shape index (κ2) is 8.40. The molecule has 3 N–H and O–H groups in total. The van der Waals surface area contributed by atoms with E-state index in [9.17, 15) is 4.79 Å². The van der Waals surface area contributed by atoms with Gasteiger partial charge in [0.15, 0.2) is 0 Å². The van der Waals surface area contributed by atoms with Crippen LogP contribution < -0.4 is 11.1 Å². The first-order chi connectivity index (χ1) is 7.80. The van der Waals surface area contributed by atoms with Crippen LogP contribution in [0.2, 0.25) is 0 Å². The highest BCUT2D eigenvalue weighted by atomic mass is 35.5. The van der Waals surface area contributed by atoms with Crippen LogP contribution >= 0.6 is 24.8 Å². The third kappa shape index (κ3) is 6.80. The fourth-order valence-electron chi connectivity index (χ4n) is 1.46. The van der Waals surface area contributed by atoms with Crippen LogP contribution in [0.5, 0.6) is 0 Å². The maximum absolute atomic E-state index is 11.9. The highest BCUT2D eigenvalue weighted by molar-refractivity contribution is 5.85. The zero-order chi connectivity index (χ0) is 13.1. The summed E-state index contributed by atoms with van der Waals surface area (Å²) < 4.78 is 1.79. The van der Waals surface area contributed by atoms with Gasteiger partial charge in [0.1, 0.15) is 0 Å². The summed E-state index contributed by atoms with van der Waals surface area (Å²) in [5.74, 6) is -0.114. The molecule has 1 aromatic heterocycles. The van der Waals surface area contributed by atoms with Gasteiger partial charge in [-0.25, -0.2) is 0 Å². The fourth-order valence-corrected chi connectivity index (χ4v) is 1.46. The summed E-state index contributed by atoms with van der Waals surface area (Å²) in [6.07, 6.45) is 3.59. The summed E-state index contributed by atoms with van der Waals surface area (Å²) in [4.78, 5) is 11.9. The second-order valence-electron chi connectivity index (χ2n) is 5.48. The maximum atomic E-state index is 11.9. The second-order valence-corrected chi connectivity index (χ2v) is 5.48. The molecule has 0 saturated heterocycles. The van der Waals surface area contributed by atoms with E-state index in [1.807, 2.05) is 40.0 Å². The molecule has 112 valence electrons. The van der Waals surface area contributed by atoms with Crippen molar-refractivity contribution in [1.82, 2.24) is 15.1 Å². The van der Waals surface area contributed by atoms with Crippen molar-refractivity contribution in [2.45, 2.75) is 46.3 Å². The summed E-state index contributed by atoms with van der Waals surface area (Å²) in [5, 5.41) is 6.99. The highest BCUT2D eigenvalue weighted by Gasteiger charge is 2.28. The van der Waals surface area contributed by atoms with E-state index in [2.05, 4.69) is 10.4 Å². The van der Waals surface area contributed by atoms with Gasteiger partial charge in [0, 0.05) is 18.4 Å². The Bertz CT molecular complexity index is 362. The van der Waals surface area contributed by atoms with Gasteiger partial charge in [-0.2, -0.15) is 5.10 Å². The molecule has 1 amide bonds. The van der Waals surface area contributed by atoms with Gasteiger partial charge in [0.25, 0.3) is 0 Å². The van der Waals surface area contributed by atoms with Crippen molar-refractivity contribution in [1.29, 1.82) is 0 Å². The van der Waals surface area contributed by atoms with Crippen LogP contribution in [0, 0.1) is 5.41 Å². The van der Waals surface area contributed by atoms with Gasteiger partial charge in [0.05, 0.1) is 12.6 Å². The van der Waals surface area contributed by atoms with E-state index in [0.29, 0.717) is 6.54 Å². The number of halogens is 2. The Labute approximate surface area is 127 Å². The van der Waals surface area contributed by atoms with Crippen LogP contribution in [0.25, 0.3) is 0 Å². The number of hydrogen-bond acceptors (Lipinski definition) is 3. The van der Waals surface area contributed by atoms with Gasteiger partial charge in [-0.05, 0) is 18.4 Å². The quantitative estimate of drug-likeness (QED) is 0.887. The molecule has 1 rings (SSSR count). The average Bonchev–Trinajstić information content (AvgIpc) is 2.67. The first kappa shape index (κ1) is 20.5. The number of nitrogens with one attached hydrogen (secondary N) is 1. The van der Waals surface area contributed by atoms with E-state index in [1.165, 1.54) is 0 Å². The van der Waals surface area contributed by atoms with Crippen LogP contribution in [0.15, 0.2) is 18.5 Å². The Morgan fingerprint density at radius 2 is 2.00 bits per heavy atom. The first-order valence-electron chi connectivity index (χ1n) is 5.84. The van der Waals surface area contributed by atoms with E-state index < -0.39 is 6.04 Å². The minimum absolute atomic E-state index is 0. The minimum atomic E-state index is -0.498. The summed E-state index contributed by atoms with van der Waals surface area (Å²) >= 11 is 0. The number of carbonyl (C=O) groups excluding carboxylic acids is 1. The van der Waals surface area contributed by atoms with Gasteiger partial charge in [-0.3, -0.25) is 9.48 Å². The van der Waals surface area contributed by atoms with Crippen LogP contribution in [-0.2, 0) is 11.3 Å². The smallest absolute Gasteiger partial charge is 0.237 e. The molecule has 1 heterocycles. The number of amides is 1. The van der Waals surface area contributed by atoms with Gasteiger partial charge >= 0.3 is 0 Å². The van der Waals surface area contributed by atoms with Crippen molar-refractivity contribution in [3.63, 3.8) is 0 Å². The van der Waals surface area contributed by atoms with Crippen LogP contribution in [0.4, 0.5) is 0 Å². The number of carbonyl (C=O) groups is 1. The predicted molar refractivity (Wildman–Crippen MR) is 81.8 cm³/mol. The molecular weight excluding hydrogens is 287 g/mol. The number of hydrogen-bond donors (Lipinski definition) is 2. The lowest BCUT2D eigenvalue weighted by atomic mass is 9.87. The zero-order valence-electron chi connectivity index (χ0n) is 11.8. The Balaban J connectivity index is 0. The molecule has 7 heteroatoms. The summed E-state index contributed by atoms with van der Waals surface area (Å²) in [6.45, 7) is 8.45. The fraction of sp³-hybridized carbons (Fsp3) is 0.667. The standard InChI is InChI=1S/C12H22N4O.2ClH/c1-9(8-16-7-5-6-14-16)15-11(17)10(13)12(2,3)4;;/h5-7,9-10H,8,13H2,1-4H3,(H,15,17);2*1H/t9?,10-;;/m1../s1. The molecule has 0 bridgehead atoms. The van der Waals surface area contributed by atoms with Crippen LogP contribution in [0.1, 0.15) is 27.7 Å². The summed E-state index contributed by atoms with van der Waals surface area (Å²) in [5.41, 5.74) is 5.65. The molecule has 0 aliphatic heterocycles. The SMILES string of the molecule is CC(Cn1cccn1)NC(=O)[C@@H](N)C(C)(C)C.Cl.Cl. The monoisotopic (exact) mass is 310 g/mol. The predicted octanol–water partition coefficient (Wildman–Crippen LogP) is 1.60. The number of rotatable bonds is 4. The topological polar surface area (TPSA) is 72.9 Å².